The number of rotatable bonds is 1. The predicted octanol–water partition coefficient (Wildman–Crippen LogP) is 0.953. The first-order chi connectivity index (χ1) is 5.52. The van der Waals surface area contributed by atoms with Crippen molar-refractivity contribution < 1.29 is 18.3 Å². The molecule has 0 saturated heterocycles. The van der Waals surface area contributed by atoms with Crippen molar-refractivity contribution in [1.82, 2.24) is 5.32 Å². The molecule has 0 amide bonds. The minimum Gasteiger partial charge on any atom is -0.387 e. The van der Waals surface area contributed by atoms with E-state index in [0.29, 0.717) is 6.54 Å². The van der Waals surface area contributed by atoms with Gasteiger partial charge < -0.3 is 10.4 Å². The molecule has 0 bridgehead atoms. The van der Waals surface area contributed by atoms with Gasteiger partial charge in [0, 0.05) is 18.3 Å². The van der Waals surface area contributed by atoms with Crippen molar-refractivity contribution in [3.8, 4) is 0 Å². The molecule has 0 aromatic heterocycles. The summed E-state index contributed by atoms with van der Waals surface area (Å²) in [4.78, 5) is 0. The molecule has 68 valence electrons. The van der Waals surface area contributed by atoms with Crippen LogP contribution in [0.25, 0.3) is 0 Å². The maximum atomic E-state index is 11.9. The largest absolute Gasteiger partial charge is 0.418 e. The molecule has 1 rings (SSSR count). The van der Waals surface area contributed by atoms with Crippen molar-refractivity contribution in [2.75, 3.05) is 6.54 Å². The van der Waals surface area contributed by atoms with Gasteiger partial charge in [0.2, 0.25) is 0 Å². The zero-order valence-electron chi connectivity index (χ0n) is 6.10. The van der Waals surface area contributed by atoms with E-state index in [2.05, 4.69) is 5.32 Å². The Kier molecular flexibility index (Phi) is 2.42. The zero-order chi connectivity index (χ0) is 9.19. The van der Waals surface area contributed by atoms with Crippen molar-refractivity contribution in [3.63, 3.8) is 0 Å². The summed E-state index contributed by atoms with van der Waals surface area (Å²) in [7, 11) is 0. The lowest BCUT2D eigenvalue weighted by molar-refractivity contribution is -0.190. The van der Waals surface area contributed by atoms with E-state index in [4.69, 9.17) is 5.11 Å². The van der Waals surface area contributed by atoms with Crippen molar-refractivity contribution >= 4 is 0 Å². The van der Waals surface area contributed by atoms with E-state index in [1.807, 2.05) is 0 Å². The maximum Gasteiger partial charge on any atom is 0.418 e. The van der Waals surface area contributed by atoms with Crippen LogP contribution in [0.1, 0.15) is 0 Å². The fraction of sp³-hybridized carbons (Fsp3) is 0.429. The third-order valence-corrected chi connectivity index (χ3v) is 1.44. The van der Waals surface area contributed by atoms with Crippen LogP contribution in [0.3, 0.4) is 0 Å². The van der Waals surface area contributed by atoms with Crippen LogP contribution < -0.4 is 5.32 Å². The number of nitrogens with one attached hydrogen (secondary N) is 1. The van der Waals surface area contributed by atoms with Gasteiger partial charge in [-0.25, -0.2) is 0 Å². The average molecular weight is 179 g/mol. The quantitative estimate of drug-likeness (QED) is 0.628. The summed E-state index contributed by atoms with van der Waals surface area (Å²) in [5.41, 5.74) is -0.159. The molecule has 0 saturated carbocycles. The van der Waals surface area contributed by atoms with Crippen molar-refractivity contribution in [2.45, 2.75) is 12.3 Å². The summed E-state index contributed by atoms with van der Waals surface area (Å²) in [5, 5.41) is 11.3. The SMILES string of the molecule is OC(C1=CNCC=C1)C(F)(F)F. The van der Waals surface area contributed by atoms with E-state index in [-0.39, 0.29) is 5.57 Å². The number of alkyl halides is 3. The first kappa shape index (κ1) is 9.12. The average Bonchev–Trinajstić information content (AvgIpc) is 2.03. The van der Waals surface area contributed by atoms with Crippen molar-refractivity contribution in [1.29, 1.82) is 0 Å². The van der Waals surface area contributed by atoms with Crippen LogP contribution in [0.5, 0.6) is 0 Å². The molecule has 0 aromatic rings. The normalized spacial score (nSPS) is 19.8. The van der Waals surface area contributed by atoms with Gasteiger partial charge in [-0.3, -0.25) is 0 Å². The maximum absolute atomic E-state index is 11.9. The summed E-state index contributed by atoms with van der Waals surface area (Å²) in [6, 6.07) is 0. The second-order valence-corrected chi connectivity index (χ2v) is 2.40. The third kappa shape index (κ3) is 2.01. The monoisotopic (exact) mass is 179 g/mol. The van der Waals surface area contributed by atoms with E-state index in [0.717, 1.165) is 6.20 Å². The fourth-order valence-electron chi connectivity index (χ4n) is 0.847. The van der Waals surface area contributed by atoms with Crippen LogP contribution in [-0.2, 0) is 0 Å². The summed E-state index contributed by atoms with van der Waals surface area (Å²) < 4.78 is 35.6. The number of aliphatic hydroxyl groups excluding tert-OH is 1. The molecule has 0 aromatic carbocycles. The minimum absolute atomic E-state index is 0.159. The highest BCUT2D eigenvalue weighted by molar-refractivity contribution is 5.26. The van der Waals surface area contributed by atoms with E-state index >= 15 is 0 Å². The number of hydrogen-bond donors (Lipinski definition) is 2. The summed E-state index contributed by atoms with van der Waals surface area (Å²) >= 11 is 0. The minimum atomic E-state index is -4.59. The van der Waals surface area contributed by atoms with E-state index < -0.39 is 12.3 Å². The third-order valence-electron chi connectivity index (χ3n) is 1.44. The van der Waals surface area contributed by atoms with Gasteiger partial charge in [-0.1, -0.05) is 12.2 Å². The first-order valence-electron chi connectivity index (χ1n) is 3.36. The molecule has 5 heteroatoms. The molecule has 12 heavy (non-hydrogen) atoms. The molecule has 2 N–H and O–H groups in total. The lowest BCUT2D eigenvalue weighted by Crippen LogP contribution is -2.31. The molecule has 1 heterocycles. The molecule has 2 nitrogen and oxygen atoms in total. The highest BCUT2D eigenvalue weighted by Crippen LogP contribution is 2.25. The Hall–Kier alpha value is -0.970. The number of halogens is 3. The fourth-order valence-corrected chi connectivity index (χ4v) is 0.847. The number of aliphatic hydroxyl groups is 1. The van der Waals surface area contributed by atoms with Gasteiger partial charge in [0.25, 0.3) is 0 Å². The van der Waals surface area contributed by atoms with Gasteiger partial charge in [0.05, 0.1) is 0 Å². The van der Waals surface area contributed by atoms with Crippen LogP contribution in [-0.4, -0.2) is 23.9 Å². The van der Waals surface area contributed by atoms with E-state index in [9.17, 15) is 13.2 Å². The zero-order valence-corrected chi connectivity index (χ0v) is 6.10. The number of dihydropyridines is 1. The molecule has 1 unspecified atom stereocenters. The summed E-state index contributed by atoms with van der Waals surface area (Å²) in [6.07, 6.45) is -3.03. The van der Waals surface area contributed by atoms with Crippen LogP contribution in [0.4, 0.5) is 13.2 Å². The van der Waals surface area contributed by atoms with Crippen LogP contribution >= 0.6 is 0 Å². The molecule has 0 aliphatic carbocycles. The van der Waals surface area contributed by atoms with Crippen LogP contribution in [0.2, 0.25) is 0 Å². The smallest absolute Gasteiger partial charge is 0.387 e. The van der Waals surface area contributed by atoms with Crippen molar-refractivity contribution in [3.05, 3.63) is 23.9 Å². The van der Waals surface area contributed by atoms with Crippen molar-refractivity contribution in [2.24, 2.45) is 0 Å². The Morgan fingerprint density at radius 3 is 2.58 bits per heavy atom. The van der Waals surface area contributed by atoms with Gasteiger partial charge in [-0.05, 0) is 0 Å². The van der Waals surface area contributed by atoms with Crippen LogP contribution in [0.15, 0.2) is 23.9 Å². The topological polar surface area (TPSA) is 32.3 Å². The first-order valence-corrected chi connectivity index (χ1v) is 3.36. The lowest BCUT2D eigenvalue weighted by atomic mass is 10.1. The second kappa shape index (κ2) is 3.18. The van der Waals surface area contributed by atoms with E-state index in [1.165, 1.54) is 12.2 Å². The highest BCUT2D eigenvalue weighted by atomic mass is 19.4. The van der Waals surface area contributed by atoms with Gasteiger partial charge in [0.15, 0.2) is 6.10 Å². The van der Waals surface area contributed by atoms with Crippen LogP contribution in [0, 0.1) is 0 Å². The van der Waals surface area contributed by atoms with Gasteiger partial charge in [-0.2, -0.15) is 13.2 Å². The molecule has 0 fully saturated rings. The Labute approximate surface area is 67.4 Å². The Morgan fingerprint density at radius 1 is 1.50 bits per heavy atom. The van der Waals surface area contributed by atoms with E-state index in [1.54, 1.807) is 0 Å². The Morgan fingerprint density at radius 2 is 2.17 bits per heavy atom. The highest BCUT2D eigenvalue weighted by Gasteiger charge is 2.40. The second-order valence-electron chi connectivity index (χ2n) is 2.40. The van der Waals surface area contributed by atoms with Gasteiger partial charge in [-0.15, -0.1) is 0 Å². The molecule has 1 aliphatic heterocycles. The summed E-state index contributed by atoms with van der Waals surface area (Å²) in [6.45, 7) is 0.494. The molecule has 0 spiro atoms. The lowest BCUT2D eigenvalue weighted by Gasteiger charge is -2.17. The molecule has 1 atom stereocenters. The predicted molar refractivity (Wildman–Crippen MR) is 37.3 cm³/mol. The Balaban J connectivity index is 2.70. The molecule has 1 aliphatic rings. The molecule has 0 radical (unpaired) electrons. The summed E-state index contributed by atoms with van der Waals surface area (Å²) in [5.74, 6) is 0. The van der Waals surface area contributed by atoms with Gasteiger partial charge >= 0.3 is 6.18 Å². The molecular weight excluding hydrogens is 171 g/mol. The Bertz CT molecular complexity index is 219. The number of hydrogen-bond acceptors (Lipinski definition) is 2. The van der Waals surface area contributed by atoms with Gasteiger partial charge in [0.1, 0.15) is 0 Å². The standard InChI is InChI=1S/C7H8F3NO/c8-7(9,10)6(12)5-2-1-3-11-4-5/h1-2,4,6,11-12H,3H2. The molecular formula is C7H8F3NO.